The first-order valence-electron chi connectivity index (χ1n) is 8.71. The number of nitrogens with zero attached hydrogens (tertiary/aromatic N) is 4. The molecular formula is C22H16ClN4+. The number of quaternary nitrogens is 1. The molecule has 1 atom stereocenters. The van der Waals surface area contributed by atoms with Crippen LogP contribution in [0.1, 0.15) is 5.56 Å². The van der Waals surface area contributed by atoms with Crippen molar-refractivity contribution in [3.8, 4) is 11.3 Å². The van der Waals surface area contributed by atoms with E-state index in [0.29, 0.717) is 5.02 Å². The zero-order chi connectivity index (χ0) is 18.4. The number of aliphatic imine (C=N–C) groups is 2. The van der Waals surface area contributed by atoms with E-state index in [1.165, 1.54) is 0 Å². The molecule has 27 heavy (non-hydrogen) atoms. The Hall–Kier alpha value is -3.08. The number of aromatic nitrogens is 1. The third-order valence-corrected chi connectivity index (χ3v) is 5.29. The molecule has 0 amide bonds. The Kier molecular flexibility index (Phi) is 3.57. The SMILES string of the molecule is Cc1cccc(Cl)c1[N+]12C=NC=C1C=Nc1ccc(-c3ccccc3)nc12. The minimum absolute atomic E-state index is 0.255. The van der Waals surface area contributed by atoms with Crippen LogP contribution in [0.5, 0.6) is 0 Å². The monoisotopic (exact) mass is 371 g/mol. The van der Waals surface area contributed by atoms with Gasteiger partial charge in [-0.25, -0.2) is 9.98 Å². The summed E-state index contributed by atoms with van der Waals surface area (Å²) < 4.78 is 0.255. The van der Waals surface area contributed by atoms with Gasteiger partial charge in [0, 0.05) is 11.1 Å². The molecule has 3 heterocycles. The van der Waals surface area contributed by atoms with Crippen LogP contribution in [0.2, 0.25) is 5.02 Å². The molecule has 1 aromatic heterocycles. The zero-order valence-corrected chi connectivity index (χ0v) is 15.4. The van der Waals surface area contributed by atoms with E-state index in [9.17, 15) is 0 Å². The van der Waals surface area contributed by atoms with Crippen molar-refractivity contribution in [1.29, 1.82) is 0 Å². The molecule has 4 nitrogen and oxygen atoms in total. The highest BCUT2D eigenvalue weighted by Crippen LogP contribution is 2.50. The highest BCUT2D eigenvalue weighted by atomic mass is 35.5. The summed E-state index contributed by atoms with van der Waals surface area (Å²) in [6.07, 6.45) is 5.56. The van der Waals surface area contributed by atoms with E-state index in [-0.39, 0.29) is 4.48 Å². The van der Waals surface area contributed by atoms with Gasteiger partial charge in [0.15, 0.2) is 11.4 Å². The maximum absolute atomic E-state index is 6.67. The molecule has 130 valence electrons. The summed E-state index contributed by atoms with van der Waals surface area (Å²) >= 11 is 6.67. The molecular weight excluding hydrogens is 356 g/mol. The lowest BCUT2D eigenvalue weighted by Gasteiger charge is -2.33. The molecule has 0 fully saturated rings. The molecule has 3 aromatic rings. The lowest BCUT2D eigenvalue weighted by molar-refractivity contribution is 0.707. The number of allylic oxidation sites excluding steroid dienone is 1. The van der Waals surface area contributed by atoms with Crippen LogP contribution in [0.25, 0.3) is 11.3 Å². The number of halogens is 1. The lowest BCUT2D eigenvalue weighted by atomic mass is 10.1. The van der Waals surface area contributed by atoms with Crippen molar-refractivity contribution in [2.24, 2.45) is 9.98 Å². The molecule has 2 aromatic carbocycles. The molecule has 0 saturated heterocycles. The number of fused-ring (bicyclic) bond motifs is 3. The number of aryl methyl sites for hydroxylation is 1. The van der Waals surface area contributed by atoms with Crippen LogP contribution in [0, 0.1) is 6.92 Å². The molecule has 5 rings (SSSR count). The molecule has 0 radical (unpaired) electrons. The summed E-state index contributed by atoms with van der Waals surface area (Å²) in [6, 6.07) is 20.1. The Labute approximate surface area is 162 Å². The van der Waals surface area contributed by atoms with Gasteiger partial charge in [-0.05, 0) is 25.1 Å². The Morgan fingerprint density at radius 3 is 2.59 bits per heavy atom. The second-order valence-corrected chi connectivity index (χ2v) is 7.02. The van der Waals surface area contributed by atoms with Gasteiger partial charge in [0.1, 0.15) is 10.7 Å². The van der Waals surface area contributed by atoms with Gasteiger partial charge in [-0.1, -0.05) is 54.1 Å². The van der Waals surface area contributed by atoms with Crippen molar-refractivity contribution in [2.75, 3.05) is 0 Å². The zero-order valence-electron chi connectivity index (χ0n) is 14.7. The van der Waals surface area contributed by atoms with E-state index in [4.69, 9.17) is 16.6 Å². The third-order valence-electron chi connectivity index (χ3n) is 4.99. The van der Waals surface area contributed by atoms with Gasteiger partial charge in [0.2, 0.25) is 6.34 Å². The molecule has 1 unspecified atom stereocenters. The van der Waals surface area contributed by atoms with Gasteiger partial charge in [0.25, 0.3) is 5.82 Å². The van der Waals surface area contributed by atoms with E-state index < -0.39 is 0 Å². The van der Waals surface area contributed by atoms with Gasteiger partial charge in [0.05, 0.1) is 18.1 Å². The van der Waals surface area contributed by atoms with Crippen molar-refractivity contribution in [3.05, 3.63) is 83.1 Å². The Morgan fingerprint density at radius 2 is 1.78 bits per heavy atom. The minimum Gasteiger partial charge on any atom is -0.242 e. The fourth-order valence-corrected chi connectivity index (χ4v) is 4.09. The highest BCUT2D eigenvalue weighted by molar-refractivity contribution is 6.34. The fraction of sp³-hybridized carbons (Fsp3) is 0.0455. The Morgan fingerprint density at radius 1 is 0.926 bits per heavy atom. The molecule has 0 saturated carbocycles. The van der Waals surface area contributed by atoms with Crippen LogP contribution in [0.15, 0.2) is 82.5 Å². The quantitative estimate of drug-likeness (QED) is 0.513. The maximum atomic E-state index is 6.67. The number of rotatable bonds is 2. The first kappa shape index (κ1) is 16.1. The lowest BCUT2D eigenvalue weighted by Crippen LogP contribution is -2.43. The smallest absolute Gasteiger partial charge is 0.242 e. The van der Waals surface area contributed by atoms with E-state index in [1.807, 2.05) is 61.2 Å². The predicted octanol–water partition coefficient (Wildman–Crippen LogP) is 5.95. The topological polar surface area (TPSA) is 37.6 Å². The average molecular weight is 372 g/mol. The second-order valence-electron chi connectivity index (χ2n) is 6.61. The average Bonchev–Trinajstić information content (AvgIpc) is 3.13. The number of benzene rings is 2. The van der Waals surface area contributed by atoms with Crippen molar-refractivity contribution in [2.45, 2.75) is 6.92 Å². The van der Waals surface area contributed by atoms with Crippen molar-refractivity contribution in [1.82, 2.24) is 9.47 Å². The first-order chi connectivity index (χ1) is 13.2. The van der Waals surface area contributed by atoms with Crippen LogP contribution >= 0.6 is 11.6 Å². The van der Waals surface area contributed by atoms with E-state index in [2.05, 4.69) is 35.1 Å². The van der Waals surface area contributed by atoms with Crippen molar-refractivity contribution in [3.63, 3.8) is 0 Å². The van der Waals surface area contributed by atoms with Crippen LogP contribution in [-0.2, 0) is 0 Å². The van der Waals surface area contributed by atoms with Gasteiger partial charge >= 0.3 is 0 Å². The molecule has 5 heteroatoms. The van der Waals surface area contributed by atoms with E-state index >= 15 is 0 Å². The fourth-order valence-electron chi connectivity index (χ4n) is 3.74. The molecule has 2 aliphatic rings. The van der Waals surface area contributed by atoms with Gasteiger partial charge in [-0.3, -0.25) is 0 Å². The summed E-state index contributed by atoms with van der Waals surface area (Å²) in [5.41, 5.74) is 5.74. The maximum Gasteiger partial charge on any atom is 0.270 e. The van der Waals surface area contributed by atoms with Crippen LogP contribution in [0.3, 0.4) is 0 Å². The van der Waals surface area contributed by atoms with Crippen molar-refractivity contribution >= 4 is 41.3 Å². The van der Waals surface area contributed by atoms with Crippen LogP contribution in [-0.4, -0.2) is 17.5 Å². The van der Waals surface area contributed by atoms with Gasteiger partial charge in [-0.2, -0.15) is 9.47 Å². The number of hydrogen-bond acceptors (Lipinski definition) is 3. The van der Waals surface area contributed by atoms with E-state index in [1.54, 1.807) is 0 Å². The molecule has 0 aliphatic carbocycles. The Bertz CT molecular complexity index is 1130. The molecule has 2 aliphatic heterocycles. The van der Waals surface area contributed by atoms with Crippen molar-refractivity contribution < 1.29 is 0 Å². The second kappa shape index (κ2) is 5.98. The third kappa shape index (κ3) is 2.31. The number of pyridine rings is 1. The van der Waals surface area contributed by atoms with Crippen LogP contribution in [0.4, 0.5) is 17.2 Å². The largest absolute Gasteiger partial charge is 0.270 e. The normalized spacial score (nSPS) is 19.6. The van der Waals surface area contributed by atoms with Gasteiger partial charge in [-0.15, -0.1) is 0 Å². The first-order valence-corrected chi connectivity index (χ1v) is 9.08. The summed E-state index contributed by atoms with van der Waals surface area (Å²) in [4.78, 5) is 14.1. The molecule has 0 bridgehead atoms. The van der Waals surface area contributed by atoms with Gasteiger partial charge < -0.3 is 0 Å². The Balaban J connectivity index is 1.82. The molecule has 0 N–H and O–H groups in total. The highest BCUT2D eigenvalue weighted by Gasteiger charge is 2.47. The summed E-state index contributed by atoms with van der Waals surface area (Å²) in [5, 5.41) is 0.683. The molecule has 0 spiro atoms. The summed E-state index contributed by atoms with van der Waals surface area (Å²) in [7, 11) is 0. The summed E-state index contributed by atoms with van der Waals surface area (Å²) in [5.74, 6) is 0.808. The number of hydrogen-bond donors (Lipinski definition) is 0. The van der Waals surface area contributed by atoms with E-state index in [0.717, 1.165) is 39.7 Å². The standard InChI is InChI=1S/C22H16ClN4/c1-15-6-5-9-18(23)21(15)27-14-24-12-17(27)13-25-20-11-10-19(26-22(20)27)16-7-3-2-4-8-16/h2-14H,1H3/q+1. The van der Waals surface area contributed by atoms with Crippen LogP contribution < -0.4 is 4.48 Å². The predicted molar refractivity (Wildman–Crippen MR) is 112 cm³/mol. The minimum atomic E-state index is 0.255. The summed E-state index contributed by atoms with van der Waals surface area (Å²) in [6.45, 7) is 2.06. The number of para-hydroxylation sites is 1.